The molecule has 0 amide bonds. The van der Waals surface area contributed by atoms with Gasteiger partial charge in [0, 0.05) is 24.5 Å². The lowest BCUT2D eigenvalue weighted by Crippen LogP contribution is -2.22. The van der Waals surface area contributed by atoms with Gasteiger partial charge < -0.3 is 5.32 Å². The molecule has 0 aliphatic rings. The number of pyridine rings is 1. The summed E-state index contributed by atoms with van der Waals surface area (Å²) < 4.78 is 13.1. The van der Waals surface area contributed by atoms with Crippen molar-refractivity contribution in [1.29, 1.82) is 0 Å². The summed E-state index contributed by atoms with van der Waals surface area (Å²) in [6.07, 6.45) is 3.45. The van der Waals surface area contributed by atoms with Crippen LogP contribution in [0.15, 0.2) is 42.7 Å². The van der Waals surface area contributed by atoms with Gasteiger partial charge in [-0.1, -0.05) is 6.07 Å². The van der Waals surface area contributed by atoms with Crippen LogP contribution in [0.25, 0.3) is 0 Å². The third-order valence-electron chi connectivity index (χ3n) is 2.82. The quantitative estimate of drug-likeness (QED) is 0.838. The molecule has 0 saturated carbocycles. The third-order valence-corrected chi connectivity index (χ3v) is 2.82. The van der Waals surface area contributed by atoms with Crippen molar-refractivity contribution in [2.45, 2.75) is 13.5 Å². The number of carbonyl (C=O) groups excluding carboxylic acids is 1. The van der Waals surface area contributed by atoms with E-state index in [0.717, 1.165) is 5.56 Å². The summed E-state index contributed by atoms with van der Waals surface area (Å²) in [5.74, 6) is -0.341. The summed E-state index contributed by atoms with van der Waals surface area (Å²) in [6.45, 7) is 2.45. The van der Waals surface area contributed by atoms with Crippen LogP contribution in [0.1, 0.15) is 21.5 Å². The number of carbonyl (C=O) groups is 1. The Hall–Kier alpha value is -2.07. The molecule has 0 unspecified atom stereocenters. The van der Waals surface area contributed by atoms with Crippen molar-refractivity contribution >= 4 is 5.78 Å². The minimum atomic E-state index is -0.292. The molecule has 0 bridgehead atoms. The van der Waals surface area contributed by atoms with Crippen LogP contribution in [0.2, 0.25) is 0 Å². The number of aromatic nitrogens is 1. The first-order valence-electron chi connectivity index (χ1n) is 6.06. The normalized spacial score (nSPS) is 10.4. The number of hydrogen-bond acceptors (Lipinski definition) is 3. The Balaban J connectivity index is 1.89. The van der Waals surface area contributed by atoms with E-state index in [0.29, 0.717) is 17.7 Å². The Morgan fingerprint density at radius 1 is 1.37 bits per heavy atom. The molecule has 2 rings (SSSR count). The van der Waals surface area contributed by atoms with E-state index in [1.807, 2.05) is 12.1 Å². The molecule has 0 aliphatic carbocycles. The molecule has 0 fully saturated rings. The molecule has 1 aromatic heterocycles. The van der Waals surface area contributed by atoms with E-state index in [1.165, 1.54) is 12.1 Å². The summed E-state index contributed by atoms with van der Waals surface area (Å²) in [6, 6.07) is 8.19. The summed E-state index contributed by atoms with van der Waals surface area (Å²) in [5.41, 5.74) is 2.03. The molecule has 1 aromatic carbocycles. The molecule has 2 aromatic rings. The predicted octanol–water partition coefficient (Wildman–Crippen LogP) is 2.50. The first-order valence-corrected chi connectivity index (χ1v) is 6.06. The lowest BCUT2D eigenvalue weighted by atomic mass is 10.1. The summed E-state index contributed by atoms with van der Waals surface area (Å²) in [5, 5.41) is 3.05. The number of Topliss-reactive ketones (excluding diaryl/α,β-unsaturated/α-hetero) is 1. The number of nitrogens with zero attached hydrogens (tertiary/aromatic N) is 1. The highest BCUT2D eigenvalue weighted by molar-refractivity contribution is 5.97. The number of rotatable bonds is 5. The number of halogens is 1. The van der Waals surface area contributed by atoms with E-state index in [9.17, 15) is 9.18 Å². The molecule has 0 atom stereocenters. The van der Waals surface area contributed by atoms with Gasteiger partial charge in [-0.25, -0.2) is 4.39 Å². The molecule has 0 spiro atoms. The highest BCUT2D eigenvalue weighted by Gasteiger charge is 2.07. The number of hydrogen-bond donors (Lipinski definition) is 1. The van der Waals surface area contributed by atoms with Gasteiger partial charge in [-0.2, -0.15) is 0 Å². The van der Waals surface area contributed by atoms with Gasteiger partial charge in [0.25, 0.3) is 0 Å². The second-order valence-electron chi connectivity index (χ2n) is 4.35. The predicted molar refractivity (Wildman–Crippen MR) is 71.4 cm³/mol. The van der Waals surface area contributed by atoms with Crippen LogP contribution in [-0.2, 0) is 6.54 Å². The summed E-state index contributed by atoms with van der Waals surface area (Å²) in [7, 11) is 0. The number of aryl methyl sites for hydroxylation is 1. The van der Waals surface area contributed by atoms with Gasteiger partial charge in [0.2, 0.25) is 0 Å². The fourth-order valence-electron chi connectivity index (χ4n) is 1.74. The van der Waals surface area contributed by atoms with E-state index >= 15 is 0 Å². The number of ketones is 1. The van der Waals surface area contributed by atoms with Crippen molar-refractivity contribution < 1.29 is 9.18 Å². The van der Waals surface area contributed by atoms with Gasteiger partial charge in [0.1, 0.15) is 5.82 Å². The van der Waals surface area contributed by atoms with Crippen molar-refractivity contribution in [3.8, 4) is 0 Å². The van der Waals surface area contributed by atoms with Gasteiger partial charge in [-0.15, -0.1) is 0 Å². The van der Waals surface area contributed by atoms with E-state index in [-0.39, 0.29) is 18.1 Å². The zero-order valence-corrected chi connectivity index (χ0v) is 10.7. The largest absolute Gasteiger partial charge is 0.306 e. The molecule has 1 heterocycles. The van der Waals surface area contributed by atoms with Crippen molar-refractivity contribution in [2.24, 2.45) is 0 Å². The average Bonchev–Trinajstić information content (AvgIpc) is 2.43. The van der Waals surface area contributed by atoms with Crippen LogP contribution < -0.4 is 5.32 Å². The molecule has 4 heteroatoms. The molecule has 0 aliphatic heterocycles. The fourth-order valence-corrected chi connectivity index (χ4v) is 1.74. The molecule has 1 N–H and O–H groups in total. The number of benzene rings is 1. The molecule has 98 valence electrons. The maximum Gasteiger partial charge on any atom is 0.176 e. The summed E-state index contributed by atoms with van der Waals surface area (Å²) >= 11 is 0. The van der Waals surface area contributed by atoms with Gasteiger partial charge in [-0.3, -0.25) is 9.78 Å². The van der Waals surface area contributed by atoms with Crippen LogP contribution in [0, 0.1) is 12.7 Å². The Labute approximate surface area is 111 Å². The number of nitrogens with one attached hydrogen (secondary N) is 1. The zero-order chi connectivity index (χ0) is 13.7. The monoisotopic (exact) mass is 258 g/mol. The lowest BCUT2D eigenvalue weighted by Gasteiger charge is -2.05. The van der Waals surface area contributed by atoms with Crippen LogP contribution in [0.5, 0.6) is 0 Å². The highest BCUT2D eigenvalue weighted by Crippen LogP contribution is 2.09. The van der Waals surface area contributed by atoms with Gasteiger partial charge in [0.15, 0.2) is 5.78 Å². The maximum absolute atomic E-state index is 13.1. The first-order chi connectivity index (χ1) is 9.16. The van der Waals surface area contributed by atoms with Gasteiger partial charge in [-0.05, 0) is 42.3 Å². The Bertz CT molecular complexity index is 570. The molecular weight excluding hydrogens is 243 g/mol. The topological polar surface area (TPSA) is 42.0 Å². The third kappa shape index (κ3) is 3.69. The minimum Gasteiger partial charge on any atom is -0.306 e. The van der Waals surface area contributed by atoms with E-state index in [4.69, 9.17) is 0 Å². The maximum atomic E-state index is 13.1. The van der Waals surface area contributed by atoms with Crippen LogP contribution >= 0.6 is 0 Å². The molecular formula is C15H15FN2O. The van der Waals surface area contributed by atoms with E-state index < -0.39 is 0 Å². The van der Waals surface area contributed by atoms with E-state index in [1.54, 1.807) is 25.4 Å². The first kappa shape index (κ1) is 13.4. The van der Waals surface area contributed by atoms with Crippen LogP contribution in [-0.4, -0.2) is 17.3 Å². The lowest BCUT2D eigenvalue weighted by molar-refractivity contribution is 0.0990. The fraction of sp³-hybridized carbons (Fsp3) is 0.200. The molecule has 3 nitrogen and oxygen atoms in total. The SMILES string of the molecule is Cc1cc(C(=O)CNCc2cccnc2)ccc1F. The Morgan fingerprint density at radius 2 is 2.21 bits per heavy atom. The smallest absolute Gasteiger partial charge is 0.176 e. The van der Waals surface area contributed by atoms with Crippen molar-refractivity contribution in [3.63, 3.8) is 0 Å². The van der Waals surface area contributed by atoms with Crippen molar-refractivity contribution in [2.75, 3.05) is 6.54 Å². The average molecular weight is 258 g/mol. The molecule has 0 radical (unpaired) electrons. The Morgan fingerprint density at radius 3 is 2.89 bits per heavy atom. The standard InChI is InChI=1S/C15H15FN2O/c1-11-7-13(4-5-14(11)16)15(19)10-18-9-12-3-2-6-17-8-12/h2-8,18H,9-10H2,1H3. The minimum absolute atomic E-state index is 0.0491. The molecule has 19 heavy (non-hydrogen) atoms. The second kappa shape index (κ2) is 6.20. The molecule has 0 saturated heterocycles. The van der Waals surface area contributed by atoms with Crippen LogP contribution in [0.4, 0.5) is 4.39 Å². The van der Waals surface area contributed by atoms with E-state index in [2.05, 4.69) is 10.3 Å². The zero-order valence-electron chi connectivity index (χ0n) is 10.7. The Kier molecular flexibility index (Phi) is 4.36. The highest BCUT2D eigenvalue weighted by atomic mass is 19.1. The van der Waals surface area contributed by atoms with Crippen LogP contribution in [0.3, 0.4) is 0 Å². The van der Waals surface area contributed by atoms with Gasteiger partial charge in [0.05, 0.1) is 6.54 Å². The van der Waals surface area contributed by atoms with Gasteiger partial charge >= 0.3 is 0 Å². The summed E-state index contributed by atoms with van der Waals surface area (Å²) in [4.78, 5) is 15.9. The van der Waals surface area contributed by atoms with Crippen molar-refractivity contribution in [3.05, 3.63) is 65.2 Å². The van der Waals surface area contributed by atoms with Crippen molar-refractivity contribution in [1.82, 2.24) is 10.3 Å². The second-order valence-corrected chi connectivity index (χ2v) is 4.35.